The number of amides is 1. The molecule has 0 saturated carbocycles. The van der Waals surface area contributed by atoms with Gasteiger partial charge in [-0.05, 0) is 17.7 Å². The number of nitrogens with zero attached hydrogens (tertiary/aromatic N) is 3. The monoisotopic (exact) mass is 412 g/mol. The molecule has 0 spiro atoms. The highest BCUT2D eigenvalue weighted by Gasteiger charge is 2.47. The SMILES string of the molecule is COc1ccc(C2C(C#N)=C(N)N3C(=O)C(CC(=O)O)SC3=C2C#N)cc1OC. The van der Waals surface area contributed by atoms with Gasteiger partial charge in [0.15, 0.2) is 11.5 Å². The number of rotatable bonds is 5. The van der Waals surface area contributed by atoms with Gasteiger partial charge >= 0.3 is 5.97 Å². The highest BCUT2D eigenvalue weighted by Crippen LogP contribution is 2.50. The van der Waals surface area contributed by atoms with Crippen LogP contribution in [0.25, 0.3) is 0 Å². The topological polar surface area (TPSA) is 150 Å². The molecular weight excluding hydrogens is 396 g/mol. The lowest BCUT2D eigenvalue weighted by molar-refractivity contribution is -0.139. The number of hydrogen-bond donors (Lipinski definition) is 2. The molecule has 0 aromatic heterocycles. The van der Waals surface area contributed by atoms with Crippen molar-refractivity contribution in [1.29, 1.82) is 10.5 Å². The Kier molecular flexibility index (Phi) is 5.39. The van der Waals surface area contributed by atoms with E-state index in [4.69, 9.17) is 20.3 Å². The fourth-order valence-electron chi connectivity index (χ4n) is 3.32. The molecule has 2 aliphatic rings. The predicted octanol–water partition coefficient (Wildman–Crippen LogP) is 1.65. The first-order valence-electron chi connectivity index (χ1n) is 8.36. The number of methoxy groups -OCH3 is 2. The Morgan fingerprint density at radius 2 is 1.90 bits per heavy atom. The molecule has 0 bridgehead atoms. The number of ether oxygens (including phenoxy) is 2. The van der Waals surface area contributed by atoms with Gasteiger partial charge in [-0.25, -0.2) is 0 Å². The van der Waals surface area contributed by atoms with E-state index in [1.807, 2.05) is 6.07 Å². The van der Waals surface area contributed by atoms with Crippen molar-refractivity contribution in [2.24, 2.45) is 5.73 Å². The van der Waals surface area contributed by atoms with Crippen molar-refractivity contribution in [3.63, 3.8) is 0 Å². The zero-order chi connectivity index (χ0) is 21.3. The fourth-order valence-corrected chi connectivity index (χ4v) is 4.60. The predicted molar refractivity (Wildman–Crippen MR) is 102 cm³/mol. The van der Waals surface area contributed by atoms with Gasteiger partial charge < -0.3 is 20.3 Å². The highest BCUT2D eigenvalue weighted by atomic mass is 32.2. The molecule has 2 aliphatic heterocycles. The summed E-state index contributed by atoms with van der Waals surface area (Å²) in [6, 6.07) is 9.04. The van der Waals surface area contributed by atoms with E-state index < -0.39 is 29.5 Å². The van der Waals surface area contributed by atoms with Gasteiger partial charge in [0.05, 0.1) is 54.9 Å². The molecule has 9 nitrogen and oxygen atoms in total. The van der Waals surface area contributed by atoms with Gasteiger partial charge in [-0.15, -0.1) is 0 Å². The molecule has 3 rings (SSSR count). The lowest BCUT2D eigenvalue weighted by Crippen LogP contribution is -2.37. The van der Waals surface area contributed by atoms with E-state index in [9.17, 15) is 20.1 Å². The first kappa shape index (κ1) is 20.1. The maximum atomic E-state index is 12.7. The van der Waals surface area contributed by atoms with Gasteiger partial charge in [0.2, 0.25) is 5.91 Å². The molecule has 1 amide bonds. The number of carboxylic acid groups (broad SMARTS) is 1. The molecule has 0 radical (unpaired) electrons. The van der Waals surface area contributed by atoms with Crippen LogP contribution in [0, 0.1) is 22.7 Å². The molecule has 2 atom stereocenters. The van der Waals surface area contributed by atoms with Gasteiger partial charge in [0.25, 0.3) is 0 Å². The maximum absolute atomic E-state index is 12.7. The number of carbonyl (C=O) groups is 2. The Hall–Kier alpha value is -3.63. The Morgan fingerprint density at radius 1 is 1.24 bits per heavy atom. The average molecular weight is 412 g/mol. The van der Waals surface area contributed by atoms with Crippen LogP contribution in [-0.4, -0.2) is 41.4 Å². The summed E-state index contributed by atoms with van der Waals surface area (Å²) in [4.78, 5) is 24.8. The summed E-state index contributed by atoms with van der Waals surface area (Å²) in [6.45, 7) is 0. The summed E-state index contributed by atoms with van der Waals surface area (Å²) < 4.78 is 10.5. The van der Waals surface area contributed by atoms with Crippen molar-refractivity contribution < 1.29 is 24.2 Å². The summed E-state index contributed by atoms with van der Waals surface area (Å²) in [5.74, 6) is -1.75. The minimum Gasteiger partial charge on any atom is -0.493 e. The van der Waals surface area contributed by atoms with Crippen molar-refractivity contribution in [3.8, 4) is 23.6 Å². The van der Waals surface area contributed by atoms with Gasteiger partial charge in [-0.1, -0.05) is 17.8 Å². The summed E-state index contributed by atoms with van der Waals surface area (Å²) in [6.07, 6.45) is -0.418. The van der Waals surface area contributed by atoms with E-state index in [-0.39, 0.29) is 22.0 Å². The van der Waals surface area contributed by atoms with Crippen LogP contribution in [0.4, 0.5) is 0 Å². The lowest BCUT2D eigenvalue weighted by atomic mass is 9.83. The van der Waals surface area contributed by atoms with Crippen LogP contribution in [0.5, 0.6) is 11.5 Å². The van der Waals surface area contributed by atoms with Crippen molar-refractivity contribution in [2.45, 2.75) is 17.6 Å². The molecule has 0 aliphatic carbocycles. The molecular formula is C19H16N4O5S. The number of thioether (sulfide) groups is 1. The van der Waals surface area contributed by atoms with Crippen molar-refractivity contribution in [3.05, 3.63) is 45.8 Å². The number of aliphatic carboxylic acids is 1. The number of carboxylic acids is 1. The summed E-state index contributed by atoms with van der Waals surface area (Å²) in [7, 11) is 2.95. The second-order valence-corrected chi connectivity index (χ2v) is 7.36. The molecule has 1 fully saturated rings. The summed E-state index contributed by atoms with van der Waals surface area (Å²) >= 11 is 0.969. The summed E-state index contributed by atoms with van der Waals surface area (Å²) in [5, 5.41) is 28.0. The van der Waals surface area contributed by atoms with Gasteiger partial charge in [-0.3, -0.25) is 14.5 Å². The van der Waals surface area contributed by atoms with Crippen LogP contribution in [0.15, 0.2) is 40.2 Å². The normalized spacial score (nSPS) is 20.8. The Bertz CT molecular complexity index is 1050. The zero-order valence-corrected chi connectivity index (χ0v) is 16.3. The number of nitrogens with two attached hydrogens (primary N) is 1. The molecule has 1 aromatic rings. The number of carbonyl (C=O) groups excluding carboxylic acids is 1. The molecule has 1 saturated heterocycles. The quantitative estimate of drug-likeness (QED) is 0.735. The zero-order valence-electron chi connectivity index (χ0n) is 15.5. The first-order chi connectivity index (χ1) is 13.9. The third-order valence-electron chi connectivity index (χ3n) is 4.62. The van der Waals surface area contributed by atoms with E-state index in [1.165, 1.54) is 14.2 Å². The van der Waals surface area contributed by atoms with Crippen LogP contribution >= 0.6 is 11.8 Å². The number of hydrogen-bond acceptors (Lipinski definition) is 8. The molecule has 3 N–H and O–H groups in total. The molecule has 1 aromatic carbocycles. The minimum absolute atomic E-state index is 0.0300. The minimum atomic E-state index is -1.14. The van der Waals surface area contributed by atoms with Crippen molar-refractivity contribution in [1.82, 2.24) is 4.90 Å². The fraction of sp³-hybridized carbons (Fsp3) is 0.263. The Morgan fingerprint density at radius 3 is 2.45 bits per heavy atom. The Balaban J connectivity index is 2.19. The highest BCUT2D eigenvalue weighted by molar-refractivity contribution is 8.04. The van der Waals surface area contributed by atoms with Gasteiger partial charge in [0, 0.05) is 0 Å². The number of benzene rings is 1. The van der Waals surface area contributed by atoms with E-state index in [2.05, 4.69) is 6.07 Å². The third-order valence-corrected chi connectivity index (χ3v) is 5.90. The van der Waals surface area contributed by atoms with Crippen molar-refractivity contribution >= 4 is 23.6 Å². The average Bonchev–Trinajstić information content (AvgIpc) is 3.02. The molecule has 29 heavy (non-hydrogen) atoms. The smallest absolute Gasteiger partial charge is 0.305 e. The lowest BCUT2D eigenvalue weighted by Gasteiger charge is -2.30. The third kappa shape index (κ3) is 3.24. The van der Waals surface area contributed by atoms with E-state index >= 15 is 0 Å². The van der Waals surface area contributed by atoms with Gasteiger partial charge in [0.1, 0.15) is 11.1 Å². The molecule has 2 unspecified atom stereocenters. The van der Waals surface area contributed by atoms with Crippen LogP contribution in [0.1, 0.15) is 17.9 Å². The molecule has 148 valence electrons. The Labute approximate surface area is 170 Å². The maximum Gasteiger partial charge on any atom is 0.305 e. The van der Waals surface area contributed by atoms with Crippen LogP contribution < -0.4 is 15.2 Å². The number of nitriles is 2. The van der Waals surface area contributed by atoms with Crippen molar-refractivity contribution in [2.75, 3.05) is 14.2 Å². The van der Waals surface area contributed by atoms with Gasteiger partial charge in [-0.2, -0.15) is 10.5 Å². The molecule has 2 heterocycles. The summed E-state index contributed by atoms with van der Waals surface area (Å²) in [5.41, 5.74) is 6.86. The largest absolute Gasteiger partial charge is 0.493 e. The van der Waals surface area contributed by atoms with Crippen LogP contribution in [0.2, 0.25) is 0 Å². The molecule has 10 heteroatoms. The number of fused-ring (bicyclic) bond motifs is 1. The standard InChI is InChI=1S/C19H16N4O5S/c1-27-12-4-3-9(5-13(12)28-2)16-10(7-20)17(22)23-18(26)14(6-15(24)25)29-19(23)11(16)8-21/h3-5,14,16H,6,22H2,1-2H3,(H,24,25). The second-order valence-electron chi connectivity index (χ2n) is 6.17. The van der Waals surface area contributed by atoms with Crippen LogP contribution in [-0.2, 0) is 9.59 Å². The van der Waals surface area contributed by atoms with E-state index in [0.29, 0.717) is 17.1 Å². The number of allylic oxidation sites excluding steroid dienone is 2. The van der Waals surface area contributed by atoms with E-state index in [1.54, 1.807) is 18.2 Å². The van der Waals surface area contributed by atoms with E-state index in [0.717, 1.165) is 16.7 Å². The first-order valence-corrected chi connectivity index (χ1v) is 9.24. The van der Waals surface area contributed by atoms with Crippen LogP contribution in [0.3, 0.4) is 0 Å². The second kappa shape index (κ2) is 7.78.